The number of ether oxygens (including phenoxy) is 2. The van der Waals surface area contributed by atoms with Crippen molar-refractivity contribution < 1.29 is 14.3 Å². The number of aryl methyl sites for hydroxylation is 1. The second kappa shape index (κ2) is 11.0. The second-order valence-electron chi connectivity index (χ2n) is 8.87. The zero-order valence-corrected chi connectivity index (χ0v) is 20.3. The van der Waals surface area contributed by atoms with Crippen molar-refractivity contribution in [2.24, 2.45) is 0 Å². The SMILES string of the molecule is Cc1cc(-c2nn(-c3ccccc3)cc2/C=C(/C#N)C(=O)NCC2CCCO2)ccc1OC(C)C. The number of para-hydroxylation sites is 1. The number of hydrogen-bond donors (Lipinski definition) is 1. The molecule has 0 bridgehead atoms. The Morgan fingerprint density at radius 3 is 2.77 bits per heavy atom. The number of carbonyl (C=O) groups is 1. The van der Waals surface area contributed by atoms with Gasteiger partial charge in [-0.1, -0.05) is 18.2 Å². The van der Waals surface area contributed by atoms with E-state index in [-0.39, 0.29) is 17.8 Å². The Labute approximate surface area is 206 Å². The van der Waals surface area contributed by atoms with Gasteiger partial charge in [0.1, 0.15) is 23.1 Å². The third-order valence-corrected chi connectivity index (χ3v) is 5.75. The molecule has 2 aromatic carbocycles. The van der Waals surface area contributed by atoms with Crippen molar-refractivity contribution >= 4 is 12.0 Å². The second-order valence-corrected chi connectivity index (χ2v) is 8.87. The molecule has 35 heavy (non-hydrogen) atoms. The maximum atomic E-state index is 12.8. The highest BCUT2D eigenvalue weighted by Gasteiger charge is 2.19. The van der Waals surface area contributed by atoms with Gasteiger partial charge in [0.25, 0.3) is 5.91 Å². The topological polar surface area (TPSA) is 89.2 Å². The quantitative estimate of drug-likeness (QED) is 0.376. The summed E-state index contributed by atoms with van der Waals surface area (Å²) in [4.78, 5) is 12.8. The molecule has 3 aromatic rings. The lowest BCUT2D eigenvalue weighted by molar-refractivity contribution is -0.117. The largest absolute Gasteiger partial charge is 0.491 e. The molecular formula is C28H30N4O3. The van der Waals surface area contributed by atoms with Crippen LogP contribution in [-0.4, -0.2) is 41.0 Å². The molecule has 180 valence electrons. The van der Waals surface area contributed by atoms with Gasteiger partial charge in [0.05, 0.1) is 17.9 Å². The van der Waals surface area contributed by atoms with E-state index in [0.717, 1.165) is 35.4 Å². The molecule has 0 aliphatic carbocycles. The van der Waals surface area contributed by atoms with Crippen molar-refractivity contribution in [1.29, 1.82) is 5.26 Å². The minimum Gasteiger partial charge on any atom is -0.491 e. The highest BCUT2D eigenvalue weighted by molar-refractivity contribution is 6.02. The van der Waals surface area contributed by atoms with Gasteiger partial charge in [-0.2, -0.15) is 10.4 Å². The van der Waals surface area contributed by atoms with Gasteiger partial charge in [0, 0.05) is 30.5 Å². The van der Waals surface area contributed by atoms with Crippen LogP contribution in [0.5, 0.6) is 5.75 Å². The molecule has 7 heteroatoms. The summed E-state index contributed by atoms with van der Waals surface area (Å²) in [6, 6.07) is 17.7. The number of benzene rings is 2. The summed E-state index contributed by atoms with van der Waals surface area (Å²) >= 11 is 0. The van der Waals surface area contributed by atoms with Gasteiger partial charge in [-0.05, 0) is 75.6 Å². The van der Waals surface area contributed by atoms with Crippen LogP contribution in [0.3, 0.4) is 0 Å². The molecule has 0 spiro atoms. The van der Waals surface area contributed by atoms with E-state index in [9.17, 15) is 10.1 Å². The molecule has 0 saturated carbocycles. The van der Waals surface area contributed by atoms with Crippen LogP contribution in [-0.2, 0) is 9.53 Å². The first kappa shape index (κ1) is 24.2. The molecule has 1 unspecified atom stereocenters. The number of amides is 1. The molecule has 0 radical (unpaired) electrons. The lowest BCUT2D eigenvalue weighted by Crippen LogP contribution is -2.32. The first-order chi connectivity index (χ1) is 16.9. The van der Waals surface area contributed by atoms with Crippen molar-refractivity contribution in [1.82, 2.24) is 15.1 Å². The summed E-state index contributed by atoms with van der Waals surface area (Å²) < 4.78 is 13.2. The molecule has 2 heterocycles. The normalized spacial score (nSPS) is 15.7. The number of carbonyl (C=O) groups excluding carboxylic acids is 1. The van der Waals surface area contributed by atoms with Gasteiger partial charge >= 0.3 is 0 Å². The standard InChI is InChI=1S/C28H30N4O3/c1-19(2)35-26-12-11-21(14-20(26)3)27-23(18-32(31-27)24-8-5-4-6-9-24)15-22(16-29)28(33)30-17-25-10-7-13-34-25/h4-6,8-9,11-12,14-15,18-19,25H,7,10,13,17H2,1-3H3,(H,30,33)/b22-15-. The number of aromatic nitrogens is 2. The summed E-state index contributed by atoms with van der Waals surface area (Å²) in [5.41, 5.74) is 4.11. The van der Waals surface area contributed by atoms with Crippen LogP contribution in [0.25, 0.3) is 23.0 Å². The summed E-state index contributed by atoms with van der Waals surface area (Å²) in [6.45, 7) is 7.08. The van der Waals surface area contributed by atoms with Crippen molar-refractivity contribution in [3.63, 3.8) is 0 Å². The Hall–Kier alpha value is -3.89. The molecule has 4 rings (SSSR count). The fourth-order valence-electron chi connectivity index (χ4n) is 4.02. The highest BCUT2D eigenvalue weighted by atomic mass is 16.5. The zero-order chi connectivity index (χ0) is 24.8. The zero-order valence-electron chi connectivity index (χ0n) is 20.3. The summed E-state index contributed by atoms with van der Waals surface area (Å²) in [5, 5.41) is 17.4. The number of nitriles is 1. The minimum absolute atomic E-state index is 0.00447. The fourth-order valence-corrected chi connectivity index (χ4v) is 4.02. The van der Waals surface area contributed by atoms with Crippen LogP contribution in [0.1, 0.15) is 37.8 Å². The van der Waals surface area contributed by atoms with E-state index in [0.29, 0.717) is 24.4 Å². The summed E-state index contributed by atoms with van der Waals surface area (Å²) in [7, 11) is 0. The number of nitrogens with one attached hydrogen (secondary N) is 1. The minimum atomic E-state index is -0.418. The predicted molar refractivity (Wildman–Crippen MR) is 135 cm³/mol. The van der Waals surface area contributed by atoms with Gasteiger partial charge in [-0.3, -0.25) is 4.79 Å². The van der Waals surface area contributed by atoms with Crippen LogP contribution in [0.4, 0.5) is 0 Å². The Morgan fingerprint density at radius 2 is 2.11 bits per heavy atom. The van der Waals surface area contributed by atoms with Crippen LogP contribution in [0, 0.1) is 18.3 Å². The molecule has 1 aliphatic rings. The lowest BCUT2D eigenvalue weighted by atomic mass is 10.0. The molecule has 1 aliphatic heterocycles. The first-order valence-corrected chi connectivity index (χ1v) is 11.9. The molecule has 1 N–H and O–H groups in total. The average Bonchev–Trinajstić information content (AvgIpc) is 3.53. The van der Waals surface area contributed by atoms with Crippen LogP contribution >= 0.6 is 0 Å². The average molecular weight is 471 g/mol. The number of hydrogen-bond acceptors (Lipinski definition) is 5. The van der Waals surface area contributed by atoms with E-state index < -0.39 is 5.91 Å². The number of nitrogens with zero attached hydrogens (tertiary/aromatic N) is 3. The number of rotatable bonds is 8. The smallest absolute Gasteiger partial charge is 0.262 e. The Balaban J connectivity index is 1.69. The van der Waals surface area contributed by atoms with E-state index in [4.69, 9.17) is 14.6 Å². The fraction of sp³-hybridized carbons (Fsp3) is 0.321. The van der Waals surface area contributed by atoms with E-state index >= 15 is 0 Å². The van der Waals surface area contributed by atoms with Crippen molar-refractivity contribution in [2.45, 2.75) is 45.8 Å². The highest BCUT2D eigenvalue weighted by Crippen LogP contribution is 2.30. The maximum absolute atomic E-state index is 12.8. The summed E-state index contributed by atoms with van der Waals surface area (Å²) in [6.07, 6.45) is 5.41. The van der Waals surface area contributed by atoms with E-state index in [2.05, 4.69) is 5.32 Å². The Bertz CT molecular complexity index is 1250. The van der Waals surface area contributed by atoms with E-state index in [1.165, 1.54) is 0 Å². The van der Waals surface area contributed by atoms with Gasteiger partial charge < -0.3 is 14.8 Å². The van der Waals surface area contributed by atoms with Crippen LogP contribution < -0.4 is 10.1 Å². The lowest BCUT2D eigenvalue weighted by Gasteiger charge is -2.13. The predicted octanol–water partition coefficient (Wildman–Crippen LogP) is 4.84. The van der Waals surface area contributed by atoms with Crippen LogP contribution in [0.15, 0.2) is 60.3 Å². The van der Waals surface area contributed by atoms with Crippen molar-refractivity contribution in [2.75, 3.05) is 13.2 Å². The van der Waals surface area contributed by atoms with E-state index in [1.807, 2.05) is 81.6 Å². The maximum Gasteiger partial charge on any atom is 0.262 e. The molecular weight excluding hydrogens is 440 g/mol. The van der Waals surface area contributed by atoms with Gasteiger partial charge in [0.15, 0.2) is 0 Å². The molecule has 1 aromatic heterocycles. The van der Waals surface area contributed by atoms with Crippen LogP contribution in [0.2, 0.25) is 0 Å². The molecule has 1 amide bonds. The molecule has 1 saturated heterocycles. The Morgan fingerprint density at radius 1 is 1.31 bits per heavy atom. The molecule has 1 fully saturated rings. The Kier molecular flexibility index (Phi) is 7.64. The van der Waals surface area contributed by atoms with Gasteiger partial charge in [-0.25, -0.2) is 4.68 Å². The van der Waals surface area contributed by atoms with Crippen molar-refractivity contribution in [3.05, 3.63) is 71.4 Å². The van der Waals surface area contributed by atoms with Crippen molar-refractivity contribution in [3.8, 4) is 28.8 Å². The van der Waals surface area contributed by atoms with Gasteiger partial charge in [-0.15, -0.1) is 0 Å². The van der Waals surface area contributed by atoms with E-state index in [1.54, 1.807) is 10.8 Å². The third-order valence-electron chi connectivity index (χ3n) is 5.75. The molecule has 1 atom stereocenters. The first-order valence-electron chi connectivity index (χ1n) is 11.9. The third kappa shape index (κ3) is 5.97. The monoisotopic (exact) mass is 470 g/mol. The summed E-state index contributed by atoms with van der Waals surface area (Å²) in [5.74, 6) is 0.396. The molecule has 7 nitrogen and oxygen atoms in total. The van der Waals surface area contributed by atoms with Gasteiger partial charge in [0.2, 0.25) is 0 Å².